The Balaban J connectivity index is 1.89. The van der Waals surface area contributed by atoms with Crippen LogP contribution in [0.5, 0.6) is 0 Å². The predicted octanol–water partition coefficient (Wildman–Crippen LogP) is 0.722. The van der Waals surface area contributed by atoms with E-state index in [1.165, 1.54) is 9.80 Å². The lowest BCUT2D eigenvalue weighted by Crippen LogP contribution is -2.54. The zero-order valence-electron chi connectivity index (χ0n) is 11.7. The first-order valence-electron chi connectivity index (χ1n) is 6.92. The summed E-state index contributed by atoms with van der Waals surface area (Å²) >= 11 is 0. The molecule has 1 aliphatic rings. The topological polar surface area (TPSA) is 77.9 Å². The smallest absolute Gasteiger partial charge is 0.312 e. The fraction of sp³-hybridized carbons (Fsp3) is 0.400. The fourth-order valence-electron chi connectivity index (χ4n) is 2.30. The Morgan fingerprint density at radius 1 is 1.05 bits per heavy atom. The van der Waals surface area contributed by atoms with E-state index < -0.39 is 17.8 Å². The van der Waals surface area contributed by atoms with Crippen molar-refractivity contribution in [3.8, 4) is 0 Å². The van der Waals surface area contributed by atoms with E-state index >= 15 is 0 Å². The number of aliphatic carboxylic acids is 1. The maximum atomic E-state index is 12.1. The molecule has 21 heavy (non-hydrogen) atoms. The lowest BCUT2D eigenvalue weighted by atomic mass is 10.2. The highest BCUT2D eigenvalue weighted by molar-refractivity contribution is 6.35. The molecule has 1 fully saturated rings. The lowest BCUT2D eigenvalue weighted by molar-refractivity contribution is -0.156. The van der Waals surface area contributed by atoms with Crippen molar-refractivity contribution in [3.05, 3.63) is 35.9 Å². The van der Waals surface area contributed by atoms with Crippen molar-refractivity contribution in [2.24, 2.45) is 0 Å². The van der Waals surface area contributed by atoms with Crippen LogP contribution >= 0.6 is 0 Å². The molecule has 1 aromatic rings. The van der Waals surface area contributed by atoms with Gasteiger partial charge in [-0.2, -0.15) is 0 Å². The number of carboxylic acid groups (broad SMARTS) is 1. The van der Waals surface area contributed by atoms with Crippen molar-refractivity contribution in [2.45, 2.75) is 19.4 Å². The highest BCUT2D eigenvalue weighted by Gasteiger charge is 2.31. The molecule has 2 rings (SSSR count). The van der Waals surface area contributed by atoms with Crippen molar-refractivity contribution in [1.29, 1.82) is 0 Å². The summed E-state index contributed by atoms with van der Waals surface area (Å²) in [5.41, 5.74) is 0.984. The fourth-order valence-corrected chi connectivity index (χ4v) is 2.30. The SMILES string of the molecule is O=C(O)CCCN1CCN(Cc2ccccc2)C(=O)C1=O. The molecular formula is C15H18N2O4. The number of carboxylic acids is 1. The van der Waals surface area contributed by atoms with Gasteiger partial charge in [-0.1, -0.05) is 30.3 Å². The minimum Gasteiger partial charge on any atom is -0.481 e. The largest absolute Gasteiger partial charge is 0.481 e. The molecule has 0 spiro atoms. The van der Waals surface area contributed by atoms with Crippen LogP contribution in [0.15, 0.2) is 30.3 Å². The molecule has 1 saturated heterocycles. The molecule has 112 valence electrons. The first kappa shape index (κ1) is 15.0. The zero-order chi connectivity index (χ0) is 15.2. The summed E-state index contributed by atoms with van der Waals surface area (Å²) in [6, 6.07) is 9.51. The summed E-state index contributed by atoms with van der Waals surface area (Å²) in [6.45, 7) is 1.67. The van der Waals surface area contributed by atoms with Gasteiger partial charge in [-0.3, -0.25) is 14.4 Å². The van der Waals surface area contributed by atoms with E-state index in [1.807, 2.05) is 30.3 Å². The number of piperazine rings is 1. The van der Waals surface area contributed by atoms with Crippen LogP contribution in [0.3, 0.4) is 0 Å². The van der Waals surface area contributed by atoms with Gasteiger partial charge in [0.2, 0.25) is 0 Å². The van der Waals surface area contributed by atoms with Crippen LogP contribution < -0.4 is 0 Å². The van der Waals surface area contributed by atoms with Gasteiger partial charge in [0.05, 0.1) is 0 Å². The standard InChI is InChI=1S/C15H18N2O4/c18-13(19)7-4-8-16-9-10-17(15(21)14(16)20)11-12-5-2-1-3-6-12/h1-3,5-6H,4,7-11H2,(H,18,19). The van der Waals surface area contributed by atoms with Crippen LogP contribution in [-0.2, 0) is 20.9 Å². The Morgan fingerprint density at radius 3 is 2.33 bits per heavy atom. The van der Waals surface area contributed by atoms with Crippen LogP contribution in [0.2, 0.25) is 0 Å². The lowest BCUT2D eigenvalue weighted by Gasteiger charge is -2.33. The van der Waals surface area contributed by atoms with Gasteiger partial charge in [-0.05, 0) is 12.0 Å². The second-order valence-electron chi connectivity index (χ2n) is 5.00. The number of carbonyl (C=O) groups excluding carboxylic acids is 2. The van der Waals surface area contributed by atoms with Crippen LogP contribution in [0.1, 0.15) is 18.4 Å². The number of rotatable bonds is 6. The van der Waals surface area contributed by atoms with Gasteiger partial charge in [0.15, 0.2) is 0 Å². The molecule has 1 heterocycles. The van der Waals surface area contributed by atoms with E-state index in [0.717, 1.165) is 5.56 Å². The van der Waals surface area contributed by atoms with Gasteiger partial charge in [-0.15, -0.1) is 0 Å². The first-order chi connectivity index (χ1) is 10.1. The van der Waals surface area contributed by atoms with E-state index in [4.69, 9.17) is 5.11 Å². The van der Waals surface area contributed by atoms with Crippen LogP contribution in [0.4, 0.5) is 0 Å². The molecule has 1 aliphatic heterocycles. The number of benzene rings is 1. The average Bonchev–Trinajstić information content (AvgIpc) is 2.47. The van der Waals surface area contributed by atoms with Gasteiger partial charge < -0.3 is 14.9 Å². The molecule has 1 N–H and O–H groups in total. The second kappa shape index (κ2) is 6.88. The molecule has 0 aromatic heterocycles. The maximum Gasteiger partial charge on any atom is 0.312 e. The molecular weight excluding hydrogens is 272 g/mol. The highest BCUT2D eigenvalue weighted by Crippen LogP contribution is 2.11. The van der Waals surface area contributed by atoms with E-state index in [-0.39, 0.29) is 6.42 Å². The number of nitrogens with zero attached hydrogens (tertiary/aromatic N) is 2. The Hall–Kier alpha value is -2.37. The third kappa shape index (κ3) is 4.05. The van der Waals surface area contributed by atoms with Crippen molar-refractivity contribution < 1.29 is 19.5 Å². The van der Waals surface area contributed by atoms with E-state index in [0.29, 0.717) is 32.6 Å². The van der Waals surface area contributed by atoms with Crippen molar-refractivity contribution in [3.63, 3.8) is 0 Å². The minimum atomic E-state index is -0.892. The summed E-state index contributed by atoms with van der Waals surface area (Å²) in [6.07, 6.45) is 0.374. The highest BCUT2D eigenvalue weighted by atomic mass is 16.4. The molecule has 0 radical (unpaired) electrons. The Labute approximate surface area is 123 Å². The molecule has 0 unspecified atom stereocenters. The van der Waals surface area contributed by atoms with Gasteiger partial charge in [0.25, 0.3) is 0 Å². The number of amides is 2. The molecule has 0 atom stereocenters. The quantitative estimate of drug-likeness (QED) is 0.783. The van der Waals surface area contributed by atoms with Gasteiger partial charge in [0.1, 0.15) is 0 Å². The average molecular weight is 290 g/mol. The third-order valence-corrected chi connectivity index (χ3v) is 3.43. The Morgan fingerprint density at radius 2 is 1.67 bits per heavy atom. The number of carbonyl (C=O) groups is 3. The molecule has 0 bridgehead atoms. The molecule has 6 nitrogen and oxygen atoms in total. The summed E-state index contributed by atoms with van der Waals surface area (Å²) in [4.78, 5) is 37.5. The normalized spacial score (nSPS) is 15.4. The maximum absolute atomic E-state index is 12.1. The summed E-state index contributed by atoms with van der Waals surface area (Å²) in [7, 11) is 0. The second-order valence-corrected chi connectivity index (χ2v) is 5.00. The molecule has 0 aliphatic carbocycles. The van der Waals surface area contributed by atoms with Crippen molar-refractivity contribution in [2.75, 3.05) is 19.6 Å². The Bertz CT molecular complexity index is 530. The van der Waals surface area contributed by atoms with Crippen molar-refractivity contribution >= 4 is 17.8 Å². The van der Waals surface area contributed by atoms with Crippen LogP contribution in [0.25, 0.3) is 0 Å². The van der Waals surface area contributed by atoms with Crippen molar-refractivity contribution in [1.82, 2.24) is 9.80 Å². The zero-order valence-corrected chi connectivity index (χ0v) is 11.7. The summed E-state index contributed by atoms with van der Waals surface area (Å²) in [5, 5.41) is 8.59. The number of hydrogen-bond donors (Lipinski definition) is 1. The Kier molecular flexibility index (Phi) is 4.92. The minimum absolute atomic E-state index is 0.00565. The third-order valence-electron chi connectivity index (χ3n) is 3.43. The van der Waals surface area contributed by atoms with E-state index in [2.05, 4.69) is 0 Å². The van der Waals surface area contributed by atoms with Gasteiger partial charge in [-0.25, -0.2) is 0 Å². The van der Waals surface area contributed by atoms with Crippen LogP contribution in [-0.4, -0.2) is 52.3 Å². The molecule has 0 saturated carbocycles. The molecule has 6 heteroatoms. The van der Waals surface area contributed by atoms with E-state index in [9.17, 15) is 14.4 Å². The summed E-state index contributed by atoms with van der Waals surface area (Å²) < 4.78 is 0. The number of hydrogen-bond acceptors (Lipinski definition) is 3. The monoisotopic (exact) mass is 290 g/mol. The van der Waals surface area contributed by atoms with Gasteiger partial charge in [0, 0.05) is 32.6 Å². The summed E-state index contributed by atoms with van der Waals surface area (Å²) in [5.74, 6) is -1.94. The van der Waals surface area contributed by atoms with Crippen LogP contribution in [0, 0.1) is 0 Å². The molecule has 2 amide bonds. The van der Waals surface area contributed by atoms with Gasteiger partial charge >= 0.3 is 17.8 Å². The van der Waals surface area contributed by atoms with E-state index in [1.54, 1.807) is 0 Å². The predicted molar refractivity (Wildman–Crippen MR) is 75.3 cm³/mol. The molecule has 1 aromatic carbocycles. The first-order valence-corrected chi connectivity index (χ1v) is 6.92.